The molecule has 1 unspecified atom stereocenters. The Bertz CT molecular complexity index is 863. The molecule has 28 heavy (non-hydrogen) atoms. The maximum Gasteiger partial charge on any atom is 0.272 e. The van der Waals surface area contributed by atoms with E-state index in [2.05, 4.69) is 22.2 Å². The zero-order valence-corrected chi connectivity index (χ0v) is 16.2. The standard InChI is InChI=1S/C21H25FN4O2/c1-14-13-28-20-18(23-14)12-16(11-15-3-5-17(22)6-4-15)19(24-20)21(27)26-9-7-25(2)8-10-26/h3-6,12,14,23H,7-11,13H2,1-2H3. The molecule has 7 heteroatoms. The van der Waals surface area contributed by atoms with Gasteiger partial charge in [0.1, 0.15) is 18.1 Å². The lowest BCUT2D eigenvalue weighted by Gasteiger charge is -2.33. The Morgan fingerprint density at radius 3 is 2.68 bits per heavy atom. The van der Waals surface area contributed by atoms with Gasteiger partial charge in [0, 0.05) is 26.2 Å². The molecule has 1 aromatic carbocycles. The van der Waals surface area contributed by atoms with Gasteiger partial charge in [-0.1, -0.05) is 12.1 Å². The Balaban J connectivity index is 1.68. The van der Waals surface area contributed by atoms with Gasteiger partial charge in [-0.15, -0.1) is 0 Å². The number of carbonyl (C=O) groups excluding carboxylic acids is 1. The largest absolute Gasteiger partial charge is 0.474 e. The molecule has 6 nitrogen and oxygen atoms in total. The number of hydrogen-bond acceptors (Lipinski definition) is 5. The molecule has 1 amide bonds. The highest BCUT2D eigenvalue weighted by Crippen LogP contribution is 2.31. The number of fused-ring (bicyclic) bond motifs is 1. The molecule has 1 atom stereocenters. The highest BCUT2D eigenvalue weighted by Gasteiger charge is 2.27. The number of anilines is 1. The van der Waals surface area contributed by atoms with Crippen LogP contribution in [-0.2, 0) is 6.42 Å². The van der Waals surface area contributed by atoms with Crippen molar-refractivity contribution in [2.45, 2.75) is 19.4 Å². The number of ether oxygens (including phenoxy) is 1. The molecule has 1 saturated heterocycles. The molecule has 148 valence electrons. The van der Waals surface area contributed by atoms with E-state index in [9.17, 15) is 9.18 Å². The summed E-state index contributed by atoms with van der Waals surface area (Å²) < 4.78 is 19.0. The minimum Gasteiger partial charge on any atom is -0.474 e. The molecule has 2 aliphatic rings. The third-order valence-electron chi connectivity index (χ3n) is 5.24. The van der Waals surface area contributed by atoms with Gasteiger partial charge < -0.3 is 19.9 Å². The second kappa shape index (κ2) is 7.75. The first-order valence-electron chi connectivity index (χ1n) is 9.65. The number of pyridine rings is 1. The second-order valence-corrected chi connectivity index (χ2v) is 7.60. The Hall–Kier alpha value is -2.67. The Labute approximate surface area is 164 Å². The molecule has 0 saturated carbocycles. The number of nitrogens with zero attached hydrogens (tertiary/aromatic N) is 3. The van der Waals surface area contributed by atoms with E-state index in [-0.39, 0.29) is 17.8 Å². The molecule has 0 bridgehead atoms. The fourth-order valence-electron chi connectivity index (χ4n) is 3.56. The van der Waals surface area contributed by atoms with E-state index in [1.54, 1.807) is 12.1 Å². The molecule has 1 N–H and O–H groups in total. The van der Waals surface area contributed by atoms with E-state index in [4.69, 9.17) is 4.74 Å². The number of aromatic nitrogens is 1. The van der Waals surface area contributed by atoms with E-state index in [1.165, 1.54) is 12.1 Å². The number of carbonyl (C=O) groups is 1. The van der Waals surface area contributed by atoms with Gasteiger partial charge in [0.25, 0.3) is 5.91 Å². The average molecular weight is 384 g/mol. The average Bonchev–Trinajstić information content (AvgIpc) is 2.69. The van der Waals surface area contributed by atoms with Crippen LogP contribution in [0.4, 0.5) is 10.1 Å². The summed E-state index contributed by atoms with van der Waals surface area (Å²) in [5, 5.41) is 3.37. The summed E-state index contributed by atoms with van der Waals surface area (Å²) in [7, 11) is 2.06. The lowest BCUT2D eigenvalue weighted by molar-refractivity contribution is 0.0656. The van der Waals surface area contributed by atoms with Crippen LogP contribution in [0.15, 0.2) is 30.3 Å². The van der Waals surface area contributed by atoms with Crippen LogP contribution < -0.4 is 10.1 Å². The Kier molecular flexibility index (Phi) is 5.17. The third-order valence-corrected chi connectivity index (χ3v) is 5.24. The van der Waals surface area contributed by atoms with Crippen molar-refractivity contribution in [2.75, 3.05) is 45.2 Å². The zero-order valence-electron chi connectivity index (χ0n) is 16.2. The van der Waals surface area contributed by atoms with Crippen molar-refractivity contribution < 1.29 is 13.9 Å². The maximum atomic E-state index is 13.3. The van der Waals surface area contributed by atoms with Gasteiger partial charge in [-0.05, 0) is 49.7 Å². The first-order valence-corrected chi connectivity index (χ1v) is 9.65. The molecule has 0 spiro atoms. The van der Waals surface area contributed by atoms with Gasteiger partial charge in [0.2, 0.25) is 5.88 Å². The lowest BCUT2D eigenvalue weighted by atomic mass is 10.0. The molecule has 2 aromatic rings. The van der Waals surface area contributed by atoms with Crippen LogP contribution in [0, 0.1) is 5.82 Å². The molecule has 0 radical (unpaired) electrons. The van der Waals surface area contributed by atoms with Crippen LogP contribution in [0.3, 0.4) is 0 Å². The van der Waals surface area contributed by atoms with Gasteiger partial charge in [-0.2, -0.15) is 0 Å². The first kappa shape index (κ1) is 18.7. The number of likely N-dealkylation sites (N-methyl/N-ethyl adjacent to an activating group) is 1. The van der Waals surface area contributed by atoms with Crippen LogP contribution >= 0.6 is 0 Å². The summed E-state index contributed by atoms with van der Waals surface area (Å²) in [5.41, 5.74) is 2.97. The van der Waals surface area contributed by atoms with Crippen LogP contribution in [-0.4, -0.2) is 66.6 Å². The minimum absolute atomic E-state index is 0.0739. The fourth-order valence-corrected chi connectivity index (χ4v) is 3.56. The lowest BCUT2D eigenvalue weighted by Crippen LogP contribution is -2.47. The molecule has 2 aliphatic heterocycles. The Morgan fingerprint density at radius 2 is 1.96 bits per heavy atom. The van der Waals surface area contributed by atoms with Crippen molar-refractivity contribution in [3.63, 3.8) is 0 Å². The van der Waals surface area contributed by atoms with Crippen molar-refractivity contribution in [2.24, 2.45) is 0 Å². The number of rotatable bonds is 3. The monoisotopic (exact) mass is 384 g/mol. The molecule has 4 rings (SSSR count). The smallest absolute Gasteiger partial charge is 0.272 e. The number of hydrogen-bond donors (Lipinski definition) is 1. The first-order chi connectivity index (χ1) is 13.5. The van der Waals surface area contributed by atoms with E-state index < -0.39 is 0 Å². The summed E-state index contributed by atoms with van der Waals surface area (Å²) in [6.07, 6.45) is 0.505. The van der Waals surface area contributed by atoms with Crippen molar-refractivity contribution in [3.05, 3.63) is 53.0 Å². The third kappa shape index (κ3) is 3.94. The second-order valence-electron chi connectivity index (χ2n) is 7.60. The summed E-state index contributed by atoms with van der Waals surface area (Å²) >= 11 is 0. The maximum absolute atomic E-state index is 13.3. The molecular formula is C21H25FN4O2. The van der Waals surface area contributed by atoms with E-state index in [0.717, 1.165) is 29.9 Å². The predicted octanol–water partition coefficient (Wildman–Crippen LogP) is 2.39. The van der Waals surface area contributed by atoms with Crippen LogP contribution in [0.1, 0.15) is 28.5 Å². The van der Waals surface area contributed by atoms with Gasteiger partial charge in [-0.25, -0.2) is 9.37 Å². The van der Waals surface area contributed by atoms with E-state index >= 15 is 0 Å². The van der Waals surface area contributed by atoms with E-state index in [0.29, 0.717) is 37.7 Å². The fraction of sp³-hybridized carbons (Fsp3) is 0.429. The Morgan fingerprint density at radius 1 is 1.25 bits per heavy atom. The quantitative estimate of drug-likeness (QED) is 0.881. The van der Waals surface area contributed by atoms with Crippen molar-refractivity contribution in [1.82, 2.24) is 14.8 Å². The minimum atomic E-state index is -0.273. The van der Waals surface area contributed by atoms with Gasteiger partial charge in [0.15, 0.2) is 0 Å². The normalized spacial score (nSPS) is 19.5. The van der Waals surface area contributed by atoms with Gasteiger partial charge in [0.05, 0.1) is 11.7 Å². The molecular weight excluding hydrogens is 359 g/mol. The summed E-state index contributed by atoms with van der Waals surface area (Å²) in [6, 6.07) is 8.48. The highest BCUT2D eigenvalue weighted by molar-refractivity contribution is 5.94. The van der Waals surface area contributed by atoms with Crippen molar-refractivity contribution in [1.29, 1.82) is 0 Å². The van der Waals surface area contributed by atoms with Crippen LogP contribution in [0.2, 0.25) is 0 Å². The predicted molar refractivity (Wildman–Crippen MR) is 105 cm³/mol. The molecule has 0 aliphatic carbocycles. The van der Waals surface area contributed by atoms with Crippen LogP contribution in [0.25, 0.3) is 0 Å². The SMILES string of the molecule is CC1COc2nc(C(=O)N3CCN(C)CC3)c(Cc3ccc(F)cc3)cc2N1. The summed E-state index contributed by atoms with van der Waals surface area (Å²) in [5.74, 6) is 0.124. The molecule has 1 aromatic heterocycles. The summed E-state index contributed by atoms with van der Waals surface area (Å²) in [6.45, 7) is 5.60. The molecule has 3 heterocycles. The van der Waals surface area contributed by atoms with Gasteiger partial charge in [-0.3, -0.25) is 4.79 Å². The molecule has 1 fully saturated rings. The zero-order chi connectivity index (χ0) is 19.7. The van der Waals surface area contributed by atoms with Crippen molar-refractivity contribution >= 4 is 11.6 Å². The number of amides is 1. The van der Waals surface area contributed by atoms with Crippen LogP contribution in [0.5, 0.6) is 5.88 Å². The number of benzene rings is 1. The number of nitrogens with one attached hydrogen (secondary N) is 1. The topological polar surface area (TPSA) is 57.7 Å². The van der Waals surface area contributed by atoms with E-state index in [1.807, 2.05) is 17.9 Å². The van der Waals surface area contributed by atoms with Crippen molar-refractivity contribution in [3.8, 4) is 5.88 Å². The number of piperazine rings is 1. The highest BCUT2D eigenvalue weighted by atomic mass is 19.1. The summed E-state index contributed by atoms with van der Waals surface area (Å²) in [4.78, 5) is 21.9. The van der Waals surface area contributed by atoms with Gasteiger partial charge >= 0.3 is 0 Å². The number of halogens is 1.